The normalized spacial score (nSPS) is 10.7. The van der Waals surface area contributed by atoms with Gasteiger partial charge in [0.1, 0.15) is 18.1 Å². The van der Waals surface area contributed by atoms with Crippen molar-refractivity contribution >= 4 is 46.4 Å². The largest absolute Gasteiger partial charge is 0.506 e. The molecule has 8 nitrogen and oxygen atoms in total. The Kier molecular flexibility index (Phi) is 6.72. The average Bonchev–Trinajstić information content (AvgIpc) is 3.13. The third kappa shape index (κ3) is 5.48. The molecule has 162 valence electrons. The van der Waals surface area contributed by atoms with Crippen LogP contribution < -0.4 is 15.2 Å². The van der Waals surface area contributed by atoms with E-state index in [2.05, 4.69) is 10.6 Å². The lowest BCUT2D eigenvalue weighted by molar-refractivity contribution is -0.683. The Balaban J connectivity index is 1.59. The molecule has 0 unspecified atom stereocenters. The van der Waals surface area contributed by atoms with Crippen LogP contribution in [0.25, 0.3) is 0 Å². The molecule has 0 spiro atoms. The van der Waals surface area contributed by atoms with Gasteiger partial charge in [0.05, 0.1) is 16.4 Å². The van der Waals surface area contributed by atoms with E-state index in [1.165, 1.54) is 6.07 Å². The summed E-state index contributed by atoms with van der Waals surface area (Å²) in [5.74, 6) is -1.01. The van der Waals surface area contributed by atoms with Crippen LogP contribution in [0.5, 0.6) is 11.5 Å². The van der Waals surface area contributed by atoms with Crippen LogP contribution >= 0.6 is 23.2 Å². The number of anilines is 2. The van der Waals surface area contributed by atoms with Crippen LogP contribution in [-0.4, -0.2) is 26.6 Å². The van der Waals surface area contributed by atoms with Gasteiger partial charge in [-0.25, -0.2) is 9.13 Å². The molecule has 31 heavy (non-hydrogen) atoms. The molecule has 3 rings (SSSR count). The molecular weight excluding hydrogens is 443 g/mol. The molecule has 0 aliphatic carbocycles. The number of carbonyl (C=O) groups excluding carboxylic acids is 2. The number of rotatable bonds is 6. The van der Waals surface area contributed by atoms with Crippen molar-refractivity contribution in [2.75, 3.05) is 10.6 Å². The standard InChI is InChI=1S/C21H20Cl2N4O4/c1-12-3-4-15(17(28)7-12)24-18(29)9-26-5-6-27(11-26)10-19(30)25-16-8-14(22)13(2)20(23)21(16)31/h3-8,11H,9-10H2,1-2H3,(H3-,24,25,28,29,30,31)/p+1. The minimum atomic E-state index is -0.414. The predicted octanol–water partition coefficient (Wildman–Crippen LogP) is 3.39. The molecule has 0 fully saturated rings. The average molecular weight is 464 g/mol. The van der Waals surface area contributed by atoms with Crippen molar-refractivity contribution in [3.63, 3.8) is 0 Å². The van der Waals surface area contributed by atoms with Gasteiger partial charge >= 0.3 is 0 Å². The van der Waals surface area contributed by atoms with Crippen molar-refractivity contribution < 1.29 is 24.4 Å². The van der Waals surface area contributed by atoms with Gasteiger partial charge in [-0.05, 0) is 43.2 Å². The summed E-state index contributed by atoms with van der Waals surface area (Å²) >= 11 is 12.1. The van der Waals surface area contributed by atoms with E-state index in [-0.39, 0.29) is 41.2 Å². The molecule has 0 atom stereocenters. The van der Waals surface area contributed by atoms with Crippen LogP contribution in [0.4, 0.5) is 11.4 Å². The highest BCUT2D eigenvalue weighted by Gasteiger charge is 2.17. The number of carbonyl (C=O) groups is 2. The number of nitrogens with zero attached hydrogens (tertiary/aromatic N) is 2. The van der Waals surface area contributed by atoms with E-state index in [0.29, 0.717) is 16.3 Å². The van der Waals surface area contributed by atoms with Crippen molar-refractivity contribution in [2.45, 2.75) is 26.9 Å². The fourth-order valence-electron chi connectivity index (χ4n) is 2.88. The Labute approximate surface area is 188 Å². The van der Waals surface area contributed by atoms with Gasteiger partial charge in [-0.15, -0.1) is 0 Å². The number of amides is 2. The Bertz CT molecular complexity index is 1160. The molecule has 2 aromatic carbocycles. The van der Waals surface area contributed by atoms with Crippen molar-refractivity contribution in [1.29, 1.82) is 0 Å². The number of phenols is 2. The van der Waals surface area contributed by atoms with Gasteiger partial charge in [0.25, 0.3) is 11.8 Å². The number of hydrogen-bond acceptors (Lipinski definition) is 4. The Hall–Kier alpha value is -3.23. The summed E-state index contributed by atoms with van der Waals surface area (Å²) in [4.78, 5) is 24.6. The van der Waals surface area contributed by atoms with Gasteiger partial charge in [-0.2, -0.15) is 0 Å². The number of aryl methyl sites for hydroxylation is 1. The van der Waals surface area contributed by atoms with Crippen LogP contribution in [0.1, 0.15) is 11.1 Å². The first kappa shape index (κ1) is 22.5. The summed E-state index contributed by atoms with van der Waals surface area (Å²) in [5.41, 5.74) is 1.83. The third-order valence-corrected chi connectivity index (χ3v) is 5.38. The monoisotopic (exact) mass is 463 g/mol. The minimum absolute atomic E-state index is 0.00726. The second-order valence-corrected chi connectivity index (χ2v) is 7.85. The van der Waals surface area contributed by atoms with Crippen LogP contribution in [0.2, 0.25) is 10.0 Å². The van der Waals surface area contributed by atoms with Crippen molar-refractivity contribution in [3.05, 3.63) is 64.2 Å². The maximum absolute atomic E-state index is 12.3. The lowest BCUT2D eigenvalue weighted by Gasteiger charge is -2.11. The van der Waals surface area contributed by atoms with Gasteiger partial charge in [0.15, 0.2) is 18.8 Å². The van der Waals surface area contributed by atoms with E-state index >= 15 is 0 Å². The number of halogens is 2. The van der Waals surface area contributed by atoms with E-state index in [1.54, 1.807) is 53.0 Å². The Morgan fingerprint density at radius 3 is 2.48 bits per heavy atom. The minimum Gasteiger partial charge on any atom is -0.506 e. The number of phenolic OH excluding ortho intramolecular Hbond substituents is 2. The summed E-state index contributed by atoms with van der Waals surface area (Å²) in [6, 6.07) is 6.40. The fraction of sp³-hybridized carbons (Fsp3) is 0.190. The van der Waals surface area contributed by atoms with E-state index in [0.717, 1.165) is 5.56 Å². The molecule has 2 amide bonds. The second-order valence-electron chi connectivity index (χ2n) is 7.07. The van der Waals surface area contributed by atoms with Crippen molar-refractivity contribution in [3.8, 4) is 11.5 Å². The highest BCUT2D eigenvalue weighted by Crippen LogP contribution is 2.38. The number of aromatic nitrogens is 2. The summed E-state index contributed by atoms with van der Waals surface area (Å²) in [7, 11) is 0. The molecule has 1 heterocycles. The highest BCUT2D eigenvalue weighted by molar-refractivity contribution is 6.37. The number of aromatic hydroxyl groups is 2. The zero-order valence-electron chi connectivity index (χ0n) is 16.8. The number of nitrogens with one attached hydrogen (secondary N) is 2. The summed E-state index contributed by atoms with van der Waals surface area (Å²) in [6.07, 6.45) is 4.85. The molecule has 0 bridgehead atoms. The highest BCUT2D eigenvalue weighted by atomic mass is 35.5. The molecule has 1 aromatic heterocycles. The molecule has 0 radical (unpaired) electrons. The van der Waals surface area contributed by atoms with Gasteiger partial charge in [0, 0.05) is 5.02 Å². The molecule has 0 saturated carbocycles. The first-order valence-corrected chi connectivity index (χ1v) is 10.0. The van der Waals surface area contributed by atoms with Gasteiger partial charge in [0.2, 0.25) is 6.33 Å². The topological polar surface area (TPSA) is 107 Å². The third-order valence-electron chi connectivity index (χ3n) is 4.52. The van der Waals surface area contributed by atoms with E-state index in [4.69, 9.17) is 23.2 Å². The first-order valence-electron chi connectivity index (χ1n) is 9.25. The lowest BCUT2D eigenvalue weighted by Crippen LogP contribution is -2.38. The lowest BCUT2D eigenvalue weighted by atomic mass is 10.2. The predicted molar refractivity (Wildman–Crippen MR) is 118 cm³/mol. The maximum Gasteiger partial charge on any atom is 0.266 e. The fourth-order valence-corrected chi connectivity index (χ4v) is 3.34. The van der Waals surface area contributed by atoms with E-state index < -0.39 is 5.91 Å². The summed E-state index contributed by atoms with van der Waals surface area (Å²) in [6.45, 7) is 3.43. The smallest absolute Gasteiger partial charge is 0.266 e. The number of hydrogen-bond donors (Lipinski definition) is 4. The number of imidazole rings is 1. The first-order chi connectivity index (χ1) is 14.6. The van der Waals surface area contributed by atoms with Crippen LogP contribution in [0.15, 0.2) is 43.0 Å². The molecule has 0 aliphatic rings. The van der Waals surface area contributed by atoms with Crippen molar-refractivity contribution in [2.24, 2.45) is 0 Å². The maximum atomic E-state index is 12.3. The molecule has 0 saturated heterocycles. The molecule has 4 N–H and O–H groups in total. The van der Waals surface area contributed by atoms with Crippen LogP contribution in [0, 0.1) is 13.8 Å². The zero-order chi connectivity index (χ0) is 22.7. The Morgan fingerprint density at radius 2 is 1.77 bits per heavy atom. The van der Waals surface area contributed by atoms with Crippen LogP contribution in [-0.2, 0) is 22.7 Å². The van der Waals surface area contributed by atoms with Gasteiger partial charge in [-0.3, -0.25) is 9.59 Å². The Morgan fingerprint density at radius 1 is 1.06 bits per heavy atom. The number of benzene rings is 2. The van der Waals surface area contributed by atoms with Gasteiger partial charge < -0.3 is 20.8 Å². The summed E-state index contributed by atoms with van der Waals surface area (Å²) in [5, 5.41) is 25.6. The van der Waals surface area contributed by atoms with Crippen molar-refractivity contribution in [1.82, 2.24) is 4.57 Å². The van der Waals surface area contributed by atoms with Gasteiger partial charge in [-0.1, -0.05) is 29.3 Å². The second kappa shape index (κ2) is 9.28. The molecular formula is C21H21Cl2N4O4+. The zero-order valence-corrected chi connectivity index (χ0v) is 18.3. The quantitative estimate of drug-likeness (QED) is 0.331. The SMILES string of the molecule is Cc1ccc(NC(=O)C[n+]2ccn(CC(=O)Nc3cc(Cl)c(C)c(Cl)c3O)c2)c(O)c1. The molecule has 3 aromatic rings. The molecule has 0 aliphatic heterocycles. The summed E-state index contributed by atoms with van der Waals surface area (Å²) < 4.78 is 3.16. The van der Waals surface area contributed by atoms with Crippen LogP contribution in [0.3, 0.4) is 0 Å². The van der Waals surface area contributed by atoms with E-state index in [9.17, 15) is 19.8 Å². The molecule has 10 heteroatoms. The van der Waals surface area contributed by atoms with E-state index in [1.807, 2.05) is 6.92 Å².